The zero-order chi connectivity index (χ0) is 13.5. The molecule has 0 aliphatic heterocycles. The van der Waals surface area contributed by atoms with Crippen molar-refractivity contribution < 1.29 is 14.7 Å². The van der Waals surface area contributed by atoms with E-state index in [0.29, 0.717) is 24.1 Å². The molecule has 0 spiro atoms. The molecule has 0 atom stereocenters. The predicted molar refractivity (Wildman–Crippen MR) is 68.3 cm³/mol. The number of hydrogen-bond acceptors (Lipinski definition) is 2. The average molecular weight is 245 g/mol. The smallest absolute Gasteiger partial charge is 0.335 e. The molecule has 4 heteroatoms. The maximum absolute atomic E-state index is 10.8. The fourth-order valence-electron chi connectivity index (χ4n) is 1.45. The van der Waals surface area contributed by atoms with Crippen molar-refractivity contribution in [1.29, 1.82) is 0 Å². The summed E-state index contributed by atoms with van der Waals surface area (Å²) in [7, 11) is 0. The van der Waals surface area contributed by atoms with Crippen LogP contribution in [0.3, 0.4) is 0 Å². The van der Waals surface area contributed by atoms with Crippen LogP contribution in [0, 0.1) is 18.8 Å². The molecular weight excluding hydrogens is 230 g/mol. The summed E-state index contributed by atoms with van der Waals surface area (Å²) in [4.78, 5) is 21.4. The van der Waals surface area contributed by atoms with E-state index in [1.807, 2.05) is 0 Å². The van der Waals surface area contributed by atoms with Crippen molar-refractivity contribution in [2.45, 2.75) is 20.3 Å². The van der Waals surface area contributed by atoms with Gasteiger partial charge < -0.3 is 10.4 Å². The van der Waals surface area contributed by atoms with Crippen molar-refractivity contribution in [2.75, 3.05) is 6.54 Å². The second-order valence-electron chi connectivity index (χ2n) is 3.87. The molecule has 0 bridgehead atoms. The quantitative estimate of drug-likeness (QED) is 0.627. The number of carbonyl (C=O) groups is 2. The number of nitrogens with one attached hydrogen (secondary N) is 1. The fraction of sp³-hybridized carbons (Fsp3) is 0.286. The summed E-state index contributed by atoms with van der Waals surface area (Å²) in [6.45, 7) is 3.72. The Labute approximate surface area is 106 Å². The molecule has 1 aromatic carbocycles. The normalized spacial score (nSPS) is 9.22. The lowest BCUT2D eigenvalue weighted by Crippen LogP contribution is -2.20. The van der Waals surface area contributed by atoms with Gasteiger partial charge >= 0.3 is 5.97 Å². The van der Waals surface area contributed by atoms with Gasteiger partial charge in [0.2, 0.25) is 5.91 Å². The number of carboxylic acids is 1. The maximum Gasteiger partial charge on any atom is 0.335 e. The van der Waals surface area contributed by atoms with Gasteiger partial charge in [-0.3, -0.25) is 4.79 Å². The van der Waals surface area contributed by atoms with Gasteiger partial charge in [-0.2, -0.15) is 0 Å². The Bertz CT molecular complexity index is 524. The minimum Gasteiger partial charge on any atom is -0.478 e. The largest absolute Gasteiger partial charge is 0.478 e. The Kier molecular flexibility index (Phi) is 4.94. The number of aryl methyl sites for hydroxylation is 1. The molecule has 0 heterocycles. The van der Waals surface area contributed by atoms with Gasteiger partial charge in [0.05, 0.1) is 5.56 Å². The van der Waals surface area contributed by atoms with Crippen molar-refractivity contribution in [2.24, 2.45) is 0 Å². The van der Waals surface area contributed by atoms with E-state index in [4.69, 9.17) is 5.11 Å². The summed E-state index contributed by atoms with van der Waals surface area (Å²) in [6, 6.07) is 4.98. The van der Waals surface area contributed by atoms with E-state index in [2.05, 4.69) is 17.2 Å². The highest BCUT2D eigenvalue weighted by Gasteiger charge is 2.05. The number of carbonyl (C=O) groups excluding carboxylic acids is 1. The van der Waals surface area contributed by atoms with Gasteiger partial charge in [-0.1, -0.05) is 11.8 Å². The van der Waals surface area contributed by atoms with E-state index in [1.165, 1.54) is 6.92 Å². The van der Waals surface area contributed by atoms with E-state index >= 15 is 0 Å². The average Bonchev–Trinajstić information content (AvgIpc) is 2.27. The Morgan fingerprint density at radius 1 is 1.39 bits per heavy atom. The molecule has 94 valence electrons. The van der Waals surface area contributed by atoms with Gasteiger partial charge in [0.15, 0.2) is 0 Å². The lowest BCUT2D eigenvalue weighted by molar-refractivity contribution is -0.118. The predicted octanol–water partition coefficient (Wildman–Crippen LogP) is 1.57. The molecule has 1 aromatic rings. The summed E-state index contributed by atoms with van der Waals surface area (Å²) in [5, 5.41) is 11.5. The van der Waals surface area contributed by atoms with Gasteiger partial charge in [0.1, 0.15) is 0 Å². The van der Waals surface area contributed by atoms with Crippen molar-refractivity contribution >= 4 is 11.9 Å². The highest BCUT2D eigenvalue weighted by molar-refractivity contribution is 5.89. The van der Waals surface area contributed by atoms with Gasteiger partial charge in [-0.15, -0.1) is 0 Å². The summed E-state index contributed by atoms with van der Waals surface area (Å²) < 4.78 is 0. The first-order valence-corrected chi connectivity index (χ1v) is 5.58. The zero-order valence-corrected chi connectivity index (χ0v) is 10.4. The summed E-state index contributed by atoms with van der Waals surface area (Å²) in [5.41, 5.74) is 1.76. The number of aromatic carboxylic acids is 1. The van der Waals surface area contributed by atoms with Crippen LogP contribution < -0.4 is 5.32 Å². The Hall–Kier alpha value is -2.28. The van der Waals surface area contributed by atoms with Crippen molar-refractivity contribution in [3.8, 4) is 11.8 Å². The Morgan fingerprint density at radius 2 is 2.11 bits per heavy atom. The molecule has 2 N–H and O–H groups in total. The van der Waals surface area contributed by atoms with Crippen LogP contribution in [0.1, 0.15) is 34.8 Å². The van der Waals surface area contributed by atoms with Crippen LogP contribution in [0.25, 0.3) is 0 Å². The van der Waals surface area contributed by atoms with E-state index in [9.17, 15) is 9.59 Å². The number of amides is 1. The van der Waals surface area contributed by atoms with Crippen LogP contribution in [0.4, 0.5) is 0 Å². The molecule has 0 aliphatic rings. The number of benzene rings is 1. The summed E-state index contributed by atoms with van der Waals surface area (Å²) in [5.74, 6) is 4.85. The fourth-order valence-corrected chi connectivity index (χ4v) is 1.45. The minimum atomic E-state index is -0.933. The maximum atomic E-state index is 10.8. The van der Waals surface area contributed by atoms with Crippen LogP contribution in [0.2, 0.25) is 0 Å². The summed E-state index contributed by atoms with van der Waals surface area (Å²) in [6.07, 6.45) is 0.569. The van der Waals surface area contributed by atoms with Crippen LogP contribution in [-0.2, 0) is 4.79 Å². The molecule has 0 unspecified atom stereocenters. The molecule has 1 rings (SSSR count). The van der Waals surface area contributed by atoms with Crippen molar-refractivity contribution in [1.82, 2.24) is 5.32 Å². The molecule has 0 radical (unpaired) electrons. The number of hydrogen-bond donors (Lipinski definition) is 2. The molecular formula is C14H15NO3. The molecule has 0 saturated heterocycles. The van der Waals surface area contributed by atoms with Gasteiger partial charge in [0.25, 0.3) is 0 Å². The molecule has 0 saturated carbocycles. The molecule has 1 amide bonds. The third-order valence-electron chi connectivity index (χ3n) is 2.31. The third-order valence-corrected chi connectivity index (χ3v) is 2.31. The lowest BCUT2D eigenvalue weighted by Gasteiger charge is -2.00. The Balaban J connectivity index is 2.64. The van der Waals surface area contributed by atoms with Gasteiger partial charge in [0, 0.05) is 25.5 Å². The minimum absolute atomic E-state index is 0.0709. The standard InChI is InChI=1S/C14H15NO3/c1-10-9-12(6-7-13(10)14(17)18)5-3-4-8-15-11(2)16/h6-7,9H,4,8H2,1-2H3,(H,15,16)(H,17,18). The summed E-state index contributed by atoms with van der Waals surface area (Å²) >= 11 is 0. The monoisotopic (exact) mass is 245 g/mol. The van der Waals surface area contributed by atoms with Crippen LogP contribution >= 0.6 is 0 Å². The molecule has 0 aromatic heterocycles. The molecule has 18 heavy (non-hydrogen) atoms. The van der Waals surface area contributed by atoms with Crippen molar-refractivity contribution in [3.63, 3.8) is 0 Å². The Morgan fingerprint density at radius 3 is 2.67 bits per heavy atom. The first-order valence-electron chi connectivity index (χ1n) is 5.58. The van der Waals surface area contributed by atoms with E-state index in [-0.39, 0.29) is 5.91 Å². The lowest BCUT2D eigenvalue weighted by atomic mass is 10.1. The first-order chi connectivity index (χ1) is 8.50. The van der Waals surface area contributed by atoms with E-state index in [0.717, 1.165) is 5.56 Å². The molecule has 0 aliphatic carbocycles. The van der Waals surface area contributed by atoms with E-state index in [1.54, 1.807) is 25.1 Å². The third kappa shape index (κ3) is 4.30. The highest BCUT2D eigenvalue weighted by Crippen LogP contribution is 2.10. The highest BCUT2D eigenvalue weighted by atomic mass is 16.4. The first kappa shape index (κ1) is 13.8. The molecule has 0 fully saturated rings. The van der Waals surface area contributed by atoms with Gasteiger partial charge in [-0.25, -0.2) is 4.79 Å². The van der Waals surface area contributed by atoms with E-state index < -0.39 is 5.97 Å². The van der Waals surface area contributed by atoms with Crippen LogP contribution in [0.15, 0.2) is 18.2 Å². The van der Waals surface area contributed by atoms with Gasteiger partial charge in [-0.05, 0) is 30.7 Å². The van der Waals surface area contributed by atoms with Crippen LogP contribution in [-0.4, -0.2) is 23.5 Å². The second-order valence-corrected chi connectivity index (χ2v) is 3.87. The topological polar surface area (TPSA) is 66.4 Å². The number of carboxylic acid groups (broad SMARTS) is 1. The zero-order valence-electron chi connectivity index (χ0n) is 10.4. The van der Waals surface area contributed by atoms with Crippen LogP contribution in [0.5, 0.6) is 0 Å². The second kappa shape index (κ2) is 6.45. The van der Waals surface area contributed by atoms with Crippen molar-refractivity contribution in [3.05, 3.63) is 34.9 Å². The molecule has 4 nitrogen and oxygen atoms in total. The SMILES string of the molecule is CC(=O)NCCC#Cc1ccc(C(=O)O)c(C)c1. The number of rotatable bonds is 3.